The minimum absolute atomic E-state index is 0.499. The third-order valence-electron chi connectivity index (χ3n) is 5.28. The molecule has 1 aliphatic heterocycles. The van der Waals surface area contributed by atoms with Crippen LogP contribution in [-0.2, 0) is 0 Å². The normalized spacial score (nSPS) is 18.2. The Kier molecular flexibility index (Phi) is 5.04. The van der Waals surface area contributed by atoms with Crippen LogP contribution in [0, 0.1) is 0 Å². The topological polar surface area (TPSA) is 66.4 Å². The van der Waals surface area contributed by atoms with Gasteiger partial charge in [-0.1, -0.05) is 12.8 Å². The van der Waals surface area contributed by atoms with Crippen LogP contribution in [0.2, 0.25) is 0 Å². The van der Waals surface area contributed by atoms with Gasteiger partial charge in [-0.05, 0) is 37.1 Å². The van der Waals surface area contributed by atoms with Crippen LogP contribution in [-0.4, -0.2) is 54.5 Å². The first-order valence-corrected chi connectivity index (χ1v) is 9.42. The Bertz CT molecular complexity index is 708. The molecule has 26 heavy (non-hydrogen) atoms. The number of piperazine rings is 1. The highest BCUT2D eigenvalue weighted by Crippen LogP contribution is 2.23. The van der Waals surface area contributed by atoms with Crippen molar-refractivity contribution in [1.82, 2.24) is 15.2 Å². The van der Waals surface area contributed by atoms with Gasteiger partial charge in [0.05, 0.1) is 13.3 Å². The molecule has 0 radical (unpaired) electrons. The molecular formula is C19H26N6O. The van der Waals surface area contributed by atoms with Gasteiger partial charge in [0.25, 0.3) is 0 Å². The molecule has 1 aromatic heterocycles. The van der Waals surface area contributed by atoms with E-state index in [4.69, 9.17) is 4.74 Å². The van der Waals surface area contributed by atoms with Crippen LogP contribution in [0.4, 0.5) is 17.5 Å². The molecule has 138 valence electrons. The summed E-state index contributed by atoms with van der Waals surface area (Å²) in [6.45, 7) is 3.77. The van der Waals surface area contributed by atoms with E-state index in [9.17, 15) is 0 Å². The largest absolute Gasteiger partial charge is 0.497 e. The average molecular weight is 354 g/mol. The molecule has 1 aromatic carbocycles. The van der Waals surface area contributed by atoms with Gasteiger partial charge in [-0.25, -0.2) is 0 Å². The molecule has 2 fully saturated rings. The van der Waals surface area contributed by atoms with E-state index < -0.39 is 0 Å². The number of hydrogen-bond donors (Lipinski definition) is 1. The molecule has 1 N–H and O–H groups in total. The highest BCUT2D eigenvalue weighted by molar-refractivity contribution is 5.51. The van der Waals surface area contributed by atoms with Crippen LogP contribution in [0.25, 0.3) is 0 Å². The van der Waals surface area contributed by atoms with E-state index in [0.717, 1.165) is 37.7 Å². The lowest BCUT2D eigenvalue weighted by atomic mass is 10.2. The summed E-state index contributed by atoms with van der Waals surface area (Å²) in [5.41, 5.74) is 1.23. The predicted octanol–water partition coefficient (Wildman–Crippen LogP) is 2.56. The number of hydrogen-bond acceptors (Lipinski definition) is 7. The zero-order chi connectivity index (χ0) is 17.8. The van der Waals surface area contributed by atoms with Crippen molar-refractivity contribution in [2.75, 3.05) is 48.4 Å². The first-order chi connectivity index (χ1) is 12.8. The van der Waals surface area contributed by atoms with Gasteiger partial charge in [-0.3, -0.25) is 0 Å². The summed E-state index contributed by atoms with van der Waals surface area (Å²) in [5.74, 6) is 2.46. The molecule has 1 saturated heterocycles. The molecule has 0 bridgehead atoms. The Labute approximate surface area is 154 Å². The highest BCUT2D eigenvalue weighted by Gasteiger charge is 2.20. The van der Waals surface area contributed by atoms with Crippen molar-refractivity contribution in [3.05, 3.63) is 30.5 Å². The van der Waals surface area contributed by atoms with Gasteiger partial charge in [-0.2, -0.15) is 10.1 Å². The van der Waals surface area contributed by atoms with Gasteiger partial charge in [0.15, 0.2) is 5.82 Å². The fraction of sp³-hybridized carbons (Fsp3) is 0.526. The fourth-order valence-corrected chi connectivity index (χ4v) is 3.75. The summed E-state index contributed by atoms with van der Waals surface area (Å²) >= 11 is 0. The van der Waals surface area contributed by atoms with E-state index in [1.165, 1.54) is 31.4 Å². The molecule has 1 saturated carbocycles. The van der Waals surface area contributed by atoms with Crippen LogP contribution in [0.3, 0.4) is 0 Å². The molecule has 2 aromatic rings. The van der Waals surface area contributed by atoms with Gasteiger partial charge in [0.1, 0.15) is 5.75 Å². The lowest BCUT2D eigenvalue weighted by Crippen LogP contribution is -2.47. The molecule has 7 nitrogen and oxygen atoms in total. The van der Waals surface area contributed by atoms with E-state index in [1.807, 2.05) is 12.1 Å². The third kappa shape index (κ3) is 3.81. The van der Waals surface area contributed by atoms with Gasteiger partial charge in [0, 0.05) is 37.9 Å². The first-order valence-electron chi connectivity index (χ1n) is 9.42. The Morgan fingerprint density at radius 1 is 1.00 bits per heavy atom. The minimum Gasteiger partial charge on any atom is -0.497 e. The number of ether oxygens (including phenoxy) is 1. The second kappa shape index (κ2) is 7.76. The van der Waals surface area contributed by atoms with Crippen molar-refractivity contribution in [3.63, 3.8) is 0 Å². The first kappa shape index (κ1) is 16.9. The van der Waals surface area contributed by atoms with Gasteiger partial charge >= 0.3 is 0 Å². The lowest BCUT2D eigenvalue weighted by molar-refractivity contribution is 0.415. The summed E-state index contributed by atoms with van der Waals surface area (Å²) in [6.07, 6.45) is 6.75. The molecule has 0 spiro atoms. The second-order valence-corrected chi connectivity index (χ2v) is 6.94. The maximum absolute atomic E-state index is 5.24. The fourth-order valence-electron chi connectivity index (χ4n) is 3.75. The monoisotopic (exact) mass is 354 g/mol. The van der Waals surface area contributed by atoms with Gasteiger partial charge in [-0.15, -0.1) is 5.10 Å². The van der Waals surface area contributed by atoms with Crippen LogP contribution >= 0.6 is 0 Å². The van der Waals surface area contributed by atoms with Crippen LogP contribution < -0.4 is 19.9 Å². The Morgan fingerprint density at radius 2 is 1.69 bits per heavy atom. The van der Waals surface area contributed by atoms with E-state index in [0.29, 0.717) is 12.0 Å². The summed E-state index contributed by atoms with van der Waals surface area (Å²) in [6, 6.07) is 8.75. The standard InChI is InChI=1S/C19H26N6O/c1-26-17-8-6-16(7-9-17)24-10-12-25(13-11-24)18-14-20-23-19(22-18)21-15-4-2-3-5-15/h6-9,14-15H,2-5,10-13H2,1H3,(H,21,22,23). The zero-order valence-electron chi connectivity index (χ0n) is 15.3. The van der Waals surface area contributed by atoms with Crippen LogP contribution in [0.15, 0.2) is 30.5 Å². The van der Waals surface area contributed by atoms with E-state index in [2.05, 4.69) is 42.4 Å². The van der Waals surface area contributed by atoms with Gasteiger partial charge in [0.2, 0.25) is 5.95 Å². The number of aromatic nitrogens is 3. The molecule has 2 heterocycles. The maximum Gasteiger partial charge on any atom is 0.244 e. The van der Waals surface area contributed by atoms with Crippen molar-refractivity contribution in [3.8, 4) is 5.75 Å². The van der Waals surface area contributed by atoms with E-state index in [1.54, 1.807) is 13.3 Å². The Hall–Kier alpha value is -2.57. The molecule has 0 atom stereocenters. The van der Waals surface area contributed by atoms with Crippen LogP contribution in [0.1, 0.15) is 25.7 Å². The SMILES string of the molecule is COc1ccc(N2CCN(c3cnnc(NC4CCCC4)n3)CC2)cc1. The number of rotatable bonds is 5. The third-order valence-corrected chi connectivity index (χ3v) is 5.28. The van der Waals surface area contributed by atoms with Crippen molar-refractivity contribution in [2.24, 2.45) is 0 Å². The van der Waals surface area contributed by atoms with Crippen molar-refractivity contribution < 1.29 is 4.74 Å². The molecule has 0 amide bonds. The van der Waals surface area contributed by atoms with Gasteiger partial charge < -0.3 is 19.9 Å². The number of methoxy groups -OCH3 is 1. The van der Waals surface area contributed by atoms with Crippen molar-refractivity contribution in [1.29, 1.82) is 0 Å². The number of nitrogens with one attached hydrogen (secondary N) is 1. The highest BCUT2D eigenvalue weighted by atomic mass is 16.5. The predicted molar refractivity (Wildman–Crippen MR) is 103 cm³/mol. The van der Waals surface area contributed by atoms with E-state index in [-0.39, 0.29) is 0 Å². The van der Waals surface area contributed by atoms with Crippen LogP contribution in [0.5, 0.6) is 5.75 Å². The minimum atomic E-state index is 0.499. The number of anilines is 3. The number of nitrogens with zero attached hydrogens (tertiary/aromatic N) is 5. The molecule has 4 rings (SSSR count). The Morgan fingerprint density at radius 3 is 2.38 bits per heavy atom. The molecule has 2 aliphatic rings. The smallest absolute Gasteiger partial charge is 0.244 e. The second-order valence-electron chi connectivity index (χ2n) is 6.94. The zero-order valence-corrected chi connectivity index (χ0v) is 15.3. The summed E-state index contributed by atoms with van der Waals surface area (Å²) in [7, 11) is 1.69. The number of benzene rings is 1. The van der Waals surface area contributed by atoms with E-state index >= 15 is 0 Å². The molecular weight excluding hydrogens is 328 g/mol. The molecule has 0 unspecified atom stereocenters. The summed E-state index contributed by atoms with van der Waals surface area (Å²) < 4.78 is 5.24. The quantitative estimate of drug-likeness (QED) is 0.885. The summed E-state index contributed by atoms with van der Waals surface area (Å²) in [5, 5.41) is 11.7. The maximum atomic E-state index is 5.24. The van der Waals surface area contributed by atoms with Crippen molar-refractivity contribution >= 4 is 17.5 Å². The Balaban J connectivity index is 1.36. The average Bonchev–Trinajstić information content (AvgIpc) is 3.21. The molecule has 7 heteroatoms. The van der Waals surface area contributed by atoms with Crippen molar-refractivity contribution in [2.45, 2.75) is 31.7 Å². The summed E-state index contributed by atoms with van der Waals surface area (Å²) in [4.78, 5) is 9.36. The lowest BCUT2D eigenvalue weighted by Gasteiger charge is -2.36. The molecule has 1 aliphatic carbocycles.